The molecular formula is C14H15F3N2O2S. The van der Waals surface area contributed by atoms with Crippen LogP contribution in [-0.2, 0) is 19.2 Å². The van der Waals surface area contributed by atoms with E-state index in [1.165, 1.54) is 28.6 Å². The van der Waals surface area contributed by atoms with E-state index in [-0.39, 0.29) is 11.3 Å². The number of aromatic nitrogens is 2. The number of H-pyrrole nitrogens is 1. The lowest BCUT2D eigenvalue weighted by atomic mass is 10.0. The van der Waals surface area contributed by atoms with E-state index in [1.807, 2.05) is 6.26 Å². The molecule has 1 heterocycles. The normalized spacial score (nSPS) is 11.7. The summed E-state index contributed by atoms with van der Waals surface area (Å²) in [5, 5.41) is 2.78. The first kappa shape index (κ1) is 16.5. The van der Waals surface area contributed by atoms with E-state index in [4.69, 9.17) is 0 Å². The topological polar surface area (TPSA) is 47.0 Å². The zero-order chi connectivity index (χ0) is 16.3. The van der Waals surface area contributed by atoms with Gasteiger partial charge in [0.05, 0.1) is 0 Å². The Kier molecular flexibility index (Phi) is 4.90. The third-order valence-electron chi connectivity index (χ3n) is 3.10. The minimum Gasteiger partial charge on any atom is -0.406 e. The van der Waals surface area contributed by atoms with Gasteiger partial charge in [-0.3, -0.25) is 9.48 Å². The maximum absolute atomic E-state index is 12.3. The number of hydrogen-bond donors (Lipinski definition) is 1. The lowest BCUT2D eigenvalue weighted by Crippen LogP contribution is -2.17. The molecule has 2 aromatic rings. The summed E-state index contributed by atoms with van der Waals surface area (Å²) in [5.74, 6) is 0.289. The number of aromatic amines is 1. The van der Waals surface area contributed by atoms with E-state index in [2.05, 4.69) is 9.84 Å². The number of thioether (sulfide) groups is 1. The number of alkyl halides is 3. The average Bonchev–Trinajstić information content (AvgIpc) is 2.72. The van der Waals surface area contributed by atoms with Crippen molar-refractivity contribution >= 4 is 11.8 Å². The number of halogens is 3. The fourth-order valence-corrected chi connectivity index (χ4v) is 2.68. The number of ether oxygens (including phenoxy) is 1. The smallest absolute Gasteiger partial charge is 0.406 e. The molecule has 0 atom stereocenters. The third kappa shape index (κ3) is 4.09. The highest BCUT2D eigenvalue weighted by atomic mass is 32.2. The Bertz CT molecular complexity index is 707. The van der Waals surface area contributed by atoms with Crippen LogP contribution < -0.4 is 10.3 Å². The third-order valence-corrected chi connectivity index (χ3v) is 3.70. The van der Waals surface area contributed by atoms with Crippen molar-refractivity contribution in [3.8, 4) is 5.75 Å². The van der Waals surface area contributed by atoms with Gasteiger partial charge in [-0.2, -0.15) is 11.8 Å². The van der Waals surface area contributed by atoms with Crippen LogP contribution in [0.5, 0.6) is 5.75 Å². The van der Waals surface area contributed by atoms with Crippen molar-refractivity contribution in [1.82, 2.24) is 9.78 Å². The van der Waals surface area contributed by atoms with E-state index < -0.39 is 6.36 Å². The van der Waals surface area contributed by atoms with Crippen molar-refractivity contribution in [3.63, 3.8) is 0 Å². The second kappa shape index (κ2) is 6.51. The minimum atomic E-state index is -4.71. The van der Waals surface area contributed by atoms with Gasteiger partial charge in [-0.1, -0.05) is 6.07 Å². The molecule has 1 aromatic heterocycles. The number of benzene rings is 1. The maximum atomic E-state index is 12.3. The molecule has 0 unspecified atom stereocenters. The number of nitrogens with one attached hydrogen (secondary N) is 1. The summed E-state index contributed by atoms with van der Waals surface area (Å²) >= 11 is 1.49. The molecule has 0 saturated heterocycles. The largest absolute Gasteiger partial charge is 0.573 e. The molecule has 0 spiro atoms. The van der Waals surface area contributed by atoms with Crippen molar-refractivity contribution in [1.29, 1.82) is 0 Å². The van der Waals surface area contributed by atoms with Gasteiger partial charge in [-0.15, -0.1) is 13.2 Å². The van der Waals surface area contributed by atoms with Crippen molar-refractivity contribution in [2.24, 2.45) is 7.05 Å². The molecule has 1 N–H and O–H groups in total. The minimum absolute atomic E-state index is 0.147. The van der Waals surface area contributed by atoms with Crippen LogP contribution in [0.1, 0.15) is 16.7 Å². The molecule has 8 heteroatoms. The highest BCUT2D eigenvalue weighted by Gasteiger charge is 2.31. The summed E-state index contributed by atoms with van der Waals surface area (Å²) < 4.78 is 42.2. The van der Waals surface area contributed by atoms with Crippen molar-refractivity contribution in [2.75, 3.05) is 6.26 Å². The number of nitrogens with zero attached hydrogens (tertiary/aromatic N) is 1. The first-order valence-corrected chi connectivity index (χ1v) is 7.79. The molecule has 120 valence electrons. The summed E-state index contributed by atoms with van der Waals surface area (Å²) in [4.78, 5) is 11.8. The Morgan fingerprint density at radius 3 is 2.55 bits per heavy atom. The Hall–Kier alpha value is -1.83. The van der Waals surface area contributed by atoms with Gasteiger partial charge in [0.2, 0.25) is 0 Å². The van der Waals surface area contributed by atoms with Gasteiger partial charge >= 0.3 is 6.36 Å². The summed E-state index contributed by atoms with van der Waals surface area (Å²) in [6.07, 6.45) is -0.894. The molecule has 4 nitrogen and oxygen atoms in total. The van der Waals surface area contributed by atoms with Crippen molar-refractivity contribution in [2.45, 2.75) is 18.5 Å². The Balaban J connectivity index is 2.30. The summed E-state index contributed by atoms with van der Waals surface area (Å²) in [6.45, 7) is 0. The van der Waals surface area contributed by atoms with Gasteiger partial charge in [-0.05, 0) is 29.5 Å². The molecule has 0 saturated carbocycles. The highest BCUT2D eigenvalue weighted by Crippen LogP contribution is 2.27. The molecule has 0 amide bonds. The van der Waals surface area contributed by atoms with E-state index >= 15 is 0 Å². The van der Waals surface area contributed by atoms with Gasteiger partial charge < -0.3 is 9.84 Å². The summed E-state index contributed by atoms with van der Waals surface area (Å²) in [6, 6.07) is 4.21. The monoisotopic (exact) mass is 332 g/mol. The lowest BCUT2D eigenvalue weighted by Gasteiger charge is -2.13. The SMILES string of the molecule is CSCc1cc(OC(F)(F)F)ccc1Cc1c[nH]n(C)c1=O. The average molecular weight is 332 g/mol. The van der Waals surface area contributed by atoms with E-state index in [0.717, 1.165) is 11.1 Å². The first-order valence-electron chi connectivity index (χ1n) is 6.40. The quantitative estimate of drug-likeness (QED) is 0.915. The van der Waals surface area contributed by atoms with Crippen LogP contribution in [0, 0.1) is 0 Å². The van der Waals surface area contributed by atoms with Gasteiger partial charge in [0.1, 0.15) is 5.75 Å². The highest BCUT2D eigenvalue weighted by molar-refractivity contribution is 7.97. The fraction of sp³-hybridized carbons (Fsp3) is 0.357. The van der Waals surface area contributed by atoms with Crippen LogP contribution >= 0.6 is 11.8 Å². The van der Waals surface area contributed by atoms with Crippen LogP contribution in [0.15, 0.2) is 29.2 Å². The van der Waals surface area contributed by atoms with Crippen LogP contribution in [-0.4, -0.2) is 22.4 Å². The summed E-state index contributed by atoms with van der Waals surface area (Å²) in [7, 11) is 1.61. The number of hydrogen-bond acceptors (Lipinski definition) is 3. The van der Waals surface area contributed by atoms with Gasteiger partial charge in [0, 0.05) is 31.0 Å². The second-order valence-electron chi connectivity index (χ2n) is 4.75. The second-order valence-corrected chi connectivity index (χ2v) is 5.62. The zero-order valence-electron chi connectivity index (χ0n) is 12.0. The molecule has 0 aliphatic carbocycles. The van der Waals surface area contributed by atoms with Crippen molar-refractivity contribution in [3.05, 3.63) is 51.4 Å². The molecule has 0 radical (unpaired) electrons. The molecule has 1 aromatic carbocycles. The summed E-state index contributed by atoms with van der Waals surface area (Å²) in [5.41, 5.74) is 1.94. The molecule has 0 fully saturated rings. The Morgan fingerprint density at radius 1 is 1.27 bits per heavy atom. The number of rotatable bonds is 5. The zero-order valence-corrected chi connectivity index (χ0v) is 12.8. The Labute approximate surface area is 129 Å². The molecular weight excluding hydrogens is 317 g/mol. The molecule has 22 heavy (non-hydrogen) atoms. The maximum Gasteiger partial charge on any atom is 0.573 e. The molecule has 0 bridgehead atoms. The number of aryl methyl sites for hydroxylation is 1. The standard InChI is InChI=1S/C14H15F3N2O2S/c1-19-13(20)10(7-18-19)5-9-3-4-12(21-14(15,16)17)6-11(9)8-22-2/h3-4,6-7,18H,5,8H2,1-2H3. The van der Waals surface area contributed by atoms with Crippen LogP contribution in [0.2, 0.25) is 0 Å². The van der Waals surface area contributed by atoms with Crippen LogP contribution in [0.4, 0.5) is 13.2 Å². The van der Waals surface area contributed by atoms with E-state index in [0.29, 0.717) is 17.7 Å². The van der Waals surface area contributed by atoms with Gasteiger partial charge in [0.25, 0.3) is 5.56 Å². The molecule has 0 aliphatic rings. The van der Waals surface area contributed by atoms with Gasteiger partial charge in [0.15, 0.2) is 0 Å². The van der Waals surface area contributed by atoms with Crippen molar-refractivity contribution < 1.29 is 17.9 Å². The van der Waals surface area contributed by atoms with E-state index in [1.54, 1.807) is 19.3 Å². The fourth-order valence-electron chi connectivity index (χ4n) is 2.10. The molecule has 0 aliphatic heterocycles. The lowest BCUT2D eigenvalue weighted by molar-refractivity contribution is -0.274. The van der Waals surface area contributed by atoms with Crippen LogP contribution in [0.25, 0.3) is 0 Å². The molecule has 2 rings (SSSR count). The predicted molar refractivity (Wildman–Crippen MR) is 79.2 cm³/mol. The van der Waals surface area contributed by atoms with Gasteiger partial charge in [-0.25, -0.2) is 0 Å². The predicted octanol–water partition coefficient (Wildman–Crippen LogP) is 3.07. The van der Waals surface area contributed by atoms with Crippen LogP contribution in [0.3, 0.4) is 0 Å². The van der Waals surface area contributed by atoms with E-state index in [9.17, 15) is 18.0 Å². The Morgan fingerprint density at radius 2 is 2.00 bits per heavy atom. The first-order chi connectivity index (χ1) is 10.3.